The molecule has 0 spiro atoms. The lowest BCUT2D eigenvalue weighted by atomic mass is 9.79. The van der Waals surface area contributed by atoms with Gasteiger partial charge in [0.25, 0.3) is 0 Å². The van der Waals surface area contributed by atoms with Crippen molar-refractivity contribution in [2.75, 3.05) is 0 Å². The van der Waals surface area contributed by atoms with E-state index in [4.69, 9.17) is 5.10 Å². The molecule has 2 fully saturated rings. The van der Waals surface area contributed by atoms with E-state index in [2.05, 4.69) is 18.9 Å². The van der Waals surface area contributed by atoms with Crippen molar-refractivity contribution in [2.45, 2.75) is 180 Å². The van der Waals surface area contributed by atoms with Gasteiger partial charge in [0, 0.05) is 17.7 Å². The molecule has 3 rings (SSSR count). The Morgan fingerprint density at radius 2 is 1.00 bits per heavy atom. The highest BCUT2D eigenvalue weighted by atomic mass is 15.5. The minimum absolute atomic E-state index is 0.693. The molecule has 0 aromatic rings. The zero-order valence-electron chi connectivity index (χ0n) is 22.7. The van der Waals surface area contributed by atoms with Gasteiger partial charge in [0.05, 0.1) is 6.04 Å². The second-order valence-electron chi connectivity index (χ2n) is 11.8. The molecule has 0 bridgehead atoms. The van der Waals surface area contributed by atoms with Gasteiger partial charge >= 0.3 is 0 Å². The van der Waals surface area contributed by atoms with E-state index in [0.717, 1.165) is 11.8 Å². The third-order valence-corrected chi connectivity index (χ3v) is 9.07. The molecule has 33 heavy (non-hydrogen) atoms. The lowest BCUT2D eigenvalue weighted by molar-refractivity contribution is 0.110. The molecule has 2 aliphatic carbocycles. The van der Waals surface area contributed by atoms with Crippen molar-refractivity contribution in [3.8, 4) is 0 Å². The topological polar surface area (TPSA) is 15.6 Å². The fourth-order valence-electron chi connectivity index (χ4n) is 7.19. The standard InChI is InChI=1S/C31H58N2/c1-3-21-29-30(22-4-2)33(28-25-19-15-11-7-8-12-16-20-26-28)32-31(29)27-23-17-13-9-5-6-10-14-18-24-27/h27-30H,3-26H2,1-2H3. The average Bonchev–Trinajstić information content (AvgIpc) is 3.10. The molecular formula is C31H58N2. The van der Waals surface area contributed by atoms with Crippen LogP contribution in [-0.4, -0.2) is 22.8 Å². The van der Waals surface area contributed by atoms with Gasteiger partial charge in [-0.3, -0.25) is 5.01 Å². The van der Waals surface area contributed by atoms with Crippen LogP contribution >= 0.6 is 0 Å². The fourth-order valence-corrected chi connectivity index (χ4v) is 7.19. The summed E-state index contributed by atoms with van der Waals surface area (Å²) in [7, 11) is 0. The molecule has 0 aromatic heterocycles. The molecule has 0 radical (unpaired) electrons. The molecular weight excluding hydrogens is 400 g/mol. The lowest BCUT2D eigenvalue weighted by Gasteiger charge is -2.35. The second kappa shape index (κ2) is 16.2. The molecule has 192 valence electrons. The molecule has 0 N–H and O–H groups in total. The van der Waals surface area contributed by atoms with E-state index in [1.165, 1.54) is 154 Å². The highest BCUT2D eigenvalue weighted by molar-refractivity contribution is 5.90. The Bertz CT molecular complexity index is 503. The van der Waals surface area contributed by atoms with Crippen molar-refractivity contribution in [3.63, 3.8) is 0 Å². The number of nitrogens with zero attached hydrogens (tertiary/aromatic N) is 2. The van der Waals surface area contributed by atoms with E-state index in [9.17, 15) is 0 Å². The SMILES string of the molecule is CCCC1C(C2CCCCCCCCCC2)=NN(C2CCCCCCCCCC2)C1CCC. The zero-order chi connectivity index (χ0) is 23.1. The van der Waals surface area contributed by atoms with Crippen molar-refractivity contribution in [3.05, 3.63) is 0 Å². The Labute approximate surface area is 207 Å². The maximum Gasteiger partial charge on any atom is 0.0554 e. The maximum absolute atomic E-state index is 5.68. The predicted molar refractivity (Wildman–Crippen MR) is 146 cm³/mol. The van der Waals surface area contributed by atoms with Crippen LogP contribution in [0.25, 0.3) is 0 Å². The van der Waals surface area contributed by atoms with Crippen LogP contribution < -0.4 is 0 Å². The first-order valence-corrected chi connectivity index (χ1v) is 15.7. The lowest BCUT2D eigenvalue weighted by Crippen LogP contribution is -2.40. The molecule has 0 saturated heterocycles. The van der Waals surface area contributed by atoms with Crippen LogP contribution in [0.2, 0.25) is 0 Å². The number of hydrogen-bond acceptors (Lipinski definition) is 2. The van der Waals surface area contributed by atoms with E-state index in [0.29, 0.717) is 12.1 Å². The summed E-state index contributed by atoms with van der Waals surface area (Å²) in [6, 6.07) is 1.40. The summed E-state index contributed by atoms with van der Waals surface area (Å²) in [6.07, 6.45) is 34.2. The molecule has 0 amide bonds. The van der Waals surface area contributed by atoms with Gasteiger partial charge in [0.1, 0.15) is 0 Å². The first kappa shape index (κ1) is 27.1. The summed E-state index contributed by atoms with van der Waals surface area (Å²) in [6.45, 7) is 4.82. The minimum atomic E-state index is 0.693. The normalized spacial score (nSPS) is 28.7. The summed E-state index contributed by atoms with van der Waals surface area (Å²) in [5, 5.41) is 8.44. The van der Waals surface area contributed by atoms with Crippen molar-refractivity contribution < 1.29 is 0 Å². The highest BCUT2D eigenvalue weighted by Gasteiger charge is 2.41. The van der Waals surface area contributed by atoms with Crippen LogP contribution in [0.5, 0.6) is 0 Å². The van der Waals surface area contributed by atoms with E-state index in [1.54, 1.807) is 5.71 Å². The van der Waals surface area contributed by atoms with Crippen LogP contribution in [0, 0.1) is 11.8 Å². The molecule has 2 nitrogen and oxygen atoms in total. The third-order valence-electron chi connectivity index (χ3n) is 9.07. The summed E-state index contributed by atoms with van der Waals surface area (Å²) < 4.78 is 0. The van der Waals surface area contributed by atoms with Crippen LogP contribution in [0.4, 0.5) is 0 Å². The van der Waals surface area contributed by atoms with E-state index < -0.39 is 0 Å². The third kappa shape index (κ3) is 8.88. The number of hydrazone groups is 1. The van der Waals surface area contributed by atoms with Crippen LogP contribution in [0.3, 0.4) is 0 Å². The summed E-state index contributed by atoms with van der Waals surface area (Å²) in [5.74, 6) is 1.51. The van der Waals surface area contributed by atoms with Crippen molar-refractivity contribution in [2.24, 2.45) is 16.9 Å². The van der Waals surface area contributed by atoms with Gasteiger partial charge in [-0.05, 0) is 44.4 Å². The minimum Gasteiger partial charge on any atom is -0.290 e. The number of hydrogen-bond donors (Lipinski definition) is 0. The largest absolute Gasteiger partial charge is 0.290 e. The summed E-state index contributed by atoms with van der Waals surface area (Å²) >= 11 is 0. The summed E-state index contributed by atoms with van der Waals surface area (Å²) in [5.41, 5.74) is 1.67. The van der Waals surface area contributed by atoms with Gasteiger partial charge in [0.2, 0.25) is 0 Å². The van der Waals surface area contributed by atoms with Crippen LogP contribution in [0.1, 0.15) is 168 Å². The quantitative estimate of drug-likeness (QED) is 0.386. The number of rotatable bonds is 6. The van der Waals surface area contributed by atoms with Gasteiger partial charge in [-0.25, -0.2) is 0 Å². The van der Waals surface area contributed by atoms with Crippen LogP contribution in [0.15, 0.2) is 5.10 Å². The first-order chi connectivity index (χ1) is 16.3. The maximum atomic E-state index is 5.68. The van der Waals surface area contributed by atoms with Crippen molar-refractivity contribution in [1.29, 1.82) is 0 Å². The Balaban J connectivity index is 1.79. The van der Waals surface area contributed by atoms with Gasteiger partial charge in [-0.2, -0.15) is 5.10 Å². The first-order valence-electron chi connectivity index (χ1n) is 15.7. The van der Waals surface area contributed by atoms with Gasteiger partial charge < -0.3 is 0 Å². The van der Waals surface area contributed by atoms with Gasteiger partial charge in [-0.1, -0.05) is 129 Å². The monoisotopic (exact) mass is 458 g/mol. The molecule has 2 heteroatoms. The van der Waals surface area contributed by atoms with E-state index >= 15 is 0 Å². The zero-order valence-corrected chi connectivity index (χ0v) is 22.7. The Kier molecular flexibility index (Phi) is 13.3. The van der Waals surface area contributed by atoms with Crippen LogP contribution in [-0.2, 0) is 0 Å². The van der Waals surface area contributed by atoms with E-state index in [-0.39, 0.29) is 0 Å². The Morgan fingerprint density at radius 3 is 1.45 bits per heavy atom. The van der Waals surface area contributed by atoms with Gasteiger partial charge in [0.15, 0.2) is 0 Å². The average molecular weight is 459 g/mol. The smallest absolute Gasteiger partial charge is 0.0554 e. The molecule has 1 aliphatic heterocycles. The Hall–Kier alpha value is -0.530. The highest BCUT2D eigenvalue weighted by Crippen LogP contribution is 2.39. The van der Waals surface area contributed by atoms with Crippen molar-refractivity contribution in [1.82, 2.24) is 5.01 Å². The molecule has 2 atom stereocenters. The predicted octanol–water partition coefficient (Wildman–Crippen LogP) is 10.1. The van der Waals surface area contributed by atoms with E-state index in [1.807, 2.05) is 0 Å². The molecule has 2 unspecified atom stereocenters. The summed E-state index contributed by atoms with van der Waals surface area (Å²) in [4.78, 5) is 0. The van der Waals surface area contributed by atoms with Gasteiger partial charge in [-0.15, -0.1) is 0 Å². The fraction of sp³-hybridized carbons (Fsp3) is 0.968. The van der Waals surface area contributed by atoms with Crippen molar-refractivity contribution >= 4 is 5.71 Å². The Morgan fingerprint density at radius 1 is 0.576 bits per heavy atom. The second-order valence-corrected chi connectivity index (χ2v) is 11.8. The molecule has 1 heterocycles. The molecule has 3 aliphatic rings. The molecule has 0 aromatic carbocycles. The molecule has 2 saturated carbocycles.